The van der Waals surface area contributed by atoms with Gasteiger partial charge in [0.05, 0.1) is 11.6 Å². The van der Waals surface area contributed by atoms with Gasteiger partial charge >= 0.3 is 0 Å². The monoisotopic (exact) mass is 252 g/mol. The predicted octanol–water partition coefficient (Wildman–Crippen LogP) is 1.74. The molecule has 0 saturated heterocycles. The number of benzene rings is 1. The van der Waals surface area contributed by atoms with Gasteiger partial charge in [-0.25, -0.2) is 0 Å². The molecule has 0 aliphatic heterocycles. The van der Waals surface area contributed by atoms with Crippen molar-refractivity contribution in [2.24, 2.45) is 0 Å². The molecule has 3 aromatic rings. The molecule has 0 N–H and O–H groups in total. The highest BCUT2D eigenvalue weighted by Gasteiger charge is 2.11. The molecule has 5 nitrogen and oxygen atoms in total. The largest absolute Gasteiger partial charge is 0.282 e. The molecule has 0 aliphatic carbocycles. The Morgan fingerprint density at radius 1 is 1.16 bits per heavy atom. The van der Waals surface area contributed by atoms with E-state index >= 15 is 0 Å². The molecule has 19 heavy (non-hydrogen) atoms. The third-order valence-corrected chi connectivity index (χ3v) is 2.96. The van der Waals surface area contributed by atoms with E-state index in [-0.39, 0.29) is 5.56 Å². The van der Waals surface area contributed by atoms with Crippen LogP contribution < -0.4 is 5.56 Å². The maximum absolute atomic E-state index is 11.9. The van der Waals surface area contributed by atoms with Gasteiger partial charge < -0.3 is 0 Å². The first kappa shape index (κ1) is 11.5. The van der Waals surface area contributed by atoms with Crippen LogP contribution in [0.1, 0.15) is 12.7 Å². The summed E-state index contributed by atoms with van der Waals surface area (Å²) in [6.07, 6.45) is 2.16. The first-order valence-electron chi connectivity index (χ1n) is 6.10. The van der Waals surface area contributed by atoms with Crippen LogP contribution >= 0.6 is 0 Å². The van der Waals surface area contributed by atoms with Crippen molar-refractivity contribution >= 4 is 11.0 Å². The Balaban J connectivity index is 2.46. The summed E-state index contributed by atoms with van der Waals surface area (Å²) in [5.74, 6) is 0.684. The second-order valence-electron chi connectivity index (χ2n) is 4.13. The summed E-state index contributed by atoms with van der Waals surface area (Å²) in [6, 6.07) is 11.4. The Morgan fingerprint density at radius 3 is 2.68 bits per heavy atom. The zero-order valence-electron chi connectivity index (χ0n) is 10.4. The summed E-state index contributed by atoms with van der Waals surface area (Å²) in [6.45, 7) is 1.96. The molecule has 94 valence electrons. The molecule has 0 radical (unpaired) electrons. The van der Waals surface area contributed by atoms with Gasteiger partial charge in [-0.05, 0) is 18.2 Å². The van der Waals surface area contributed by atoms with E-state index in [4.69, 9.17) is 0 Å². The zero-order chi connectivity index (χ0) is 13.2. The Hall–Kier alpha value is -2.56. The summed E-state index contributed by atoms with van der Waals surface area (Å²) in [5, 5.41) is 8.46. The number of nitrogens with zero attached hydrogens (tertiary/aromatic N) is 4. The Morgan fingerprint density at radius 2 is 1.95 bits per heavy atom. The molecule has 2 aromatic heterocycles. The van der Waals surface area contributed by atoms with Crippen molar-refractivity contribution in [1.82, 2.24) is 19.7 Å². The van der Waals surface area contributed by atoms with Gasteiger partial charge in [0.15, 0.2) is 5.65 Å². The summed E-state index contributed by atoms with van der Waals surface area (Å²) in [7, 11) is 0. The standard InChI is InChI=1S/C14H12N4O/c1-2-12-16-14(19)11-8-9-15-17-13(11)18(12)10-6-4-3-5-7-10/h3-9H,2H2,1H3. The molecular formula is C14H12N4O. The molecule has 0 unspecified atom stereocenters. The Labute approximate surface area is 109 Å². The summed E-state index contributed by atoms with van der Waals surface area (Å²) >= 11 is 0. The van der Waals surface area contributed by atoms with E-state index in [1.807, 2.05) is 41.8 Å². The average Bonchev–Trinajstić information content (AvgIpc) is 2.48. The zero-order valence-corrected chi connectivity index (χ0v) is 10.4. The minimum atomic E-state index is -0.256. The van der Waals surface area contributed by atoms with Crippen molar-refractivity contribution in [2.45, 2.75) is 13.3 Å². The highest BCUT2D eigenvalue weighted by atomic mass is 16.1. The lowest BCUT2D eigenvalue weighted by atomic mass is 10.2. The number of aryl methyl sites for hydroxylation is 1. The van der Waals surface area contributed by atoms with E-state index in [1.54, 1.807) is 6.07 Å². The molecule has 0 saturated carbocycles. The molecule has 0 fully saturated rings. The van der Waals surface area contributed by atoms with Crippen LogP contribution in [0.15, 0.2) is 47.4 Å². The molecule has 2 heterocycles. The van der Waals surface area contributed by atoms with Crippen molar-refractivity contribution in [2.75, 3.05) is 0 Å². The van der Waals surface area contributed by atoms with E-state index in [1.165, 1.54) is 6.20 Å². The van der Waals surface area contributed by atoms with Crippen LogP contribution in [0.3, 0.4) is 0 Å². The van der Waals surface area contributed by atoms with E-state index in [9.17, 15) is 4.79 Å². The Bertz CT molecular complexity index is 780. The number of aromatic nitrogens is 4. The van der Waals surface area contributed by atoms with Crippen LogP contribution in [0.5, 0.6) is 0 Å². The van der Waals surface area contributed by atoms with Crippen LogP contribution in [-0.2, 0) is 6.42 Å². The van der Waals surface area contributed by atoms with Crippen LogP contribution in [0, 0.1) is 0 Å². The smallest absolute Gasteiger partial charge is 0.280 e. The van der Waals surface area contributed by atoms with Gasteiger partial charge in [0.25, 0.3) is 5.56 Å². The molecule has 5 heteroatoms. The van der Waals surface area contributed by atoms with Gasteiger partial charge in [0, 0.05) is 12.1 Å². The number of hydrogen-bond donors (Lipinski definition) is 0. The second kappa shape index (κ2) is 4.61. The quantitative estimate of drug-likeness (QED) is 0.697. The lowest BCUT2D eigenvalue weighted by molar-refractivity contribution is 0.837. The lowest BCUT2D eigenvalue weighted by Crippen LogP contribution is -2.18. The number of fused-ring (bicyclic) bond motifs is 1. The third kappa shape index (κ3) is 1.89. The van der Waals surface area contributed by atoms with Crippen molar-refractivity contribution in [1.29, 1.82) is 0 Å². The average molecular weight is 252 g/mol. The van der Waals surface area contributed by atoms with Crippen LogP contribution in [0.4, 0.5) is 0 Å². The maximum Gasteiger partial charge on any atom is 0.282 e. The molecule has 1 aromatic carbocycles. The van der Waals surface area contributed by atoms with Crippen molar-refractivity contribution < 1.29 is 0 Å². The highest BCUT2D eigenvalue weighted by molar-refractivity contribution is 5.75. The number of para-hydroxylation sites is 1. The van der Waals surface area contributed by atoms with Crippen molar-refractivity contribution in [3.63, 3.8) is 0 Å². The molecular weight excluding hydrogens is 240 g/mol. The fourth-order valence-electron chi connectivity index (χ4n) is 2.09. The van der Waals surface area contributed by atoms with E-state index in [0.717, 1.165) is 5.69 Å². The topological polar surface area (TPSA) is 60.7 Å². The van der Waals surface area contributed by atoms with E-state index < -0.39 is 0 Å². The molecule has 0 aliphatic rings. The first-order chi connectivity index (χ1) is 9.31. The van der Waals surface area contributed by atoms with Gasteiger partial charge in [-0.1, -0.05) is 25.1 Å². The SMILES string of the molecule is CCc1nc(=O)c2ccnnc2n1-c1ccccc1. The summed E-state index contributed by atoms with van der Waals surface area (Å²) in [5.41, 5.74) is 1.22. The van der Waals surface area contributed by atoms with Gasteiger partial charge in [-0.15, -0.1) is 5.10 Å². The molecule has 0 bridgehead atoms. The minimum Gasteiger partial charge on any atom is -0.280 e. The molecule has 0 spiro atoms. The van der Waals surface area contributed by atoms with Crippen molar-refractivity contribution in [3.8, 4) is 5.69 Å². The van der Waals surface area contributed by atoms with Crippen LogP contribution in [-0.4, -0.2) is 19.7 Å². The summed E-state index contributed by atoms with van der Waals surface area (Å²) in [4.78, 5) is 16.1. The maximum atomic E-state index is 11.9. The van der Waals surface area contributed by atoms with E-state index in [0.29, 0.717) is 23.3 Å². The first-order valence-corrected chi connectivity index (χ1v) is 6.10. The second-order valence-corrected chi connectivity index (χ2v) is 4.13. The molecule has 3 rings (SSSR count). The van der Waals surface area contributed by atoms with E-state index in [2.05, 4.69) is 15.2 Å². The predicted molar refractivity (Wildman–Crippen MR) is 72.3 cm³/mol. The van der Waals surface area contributed by atoms with Gasteiger partial charge in [0.1, 0.15) is 5.82 Å². The lowest BCUT2D eigenvalue weighted by Gasteiger charge is -2.13. The normalized spacial score (nSPS) is 10.8. The number of rotatable bonds is 2. The van der Waals surface area contributed by atoms with Crippen molar-refractivity contribution in [3.05, 3.63) is 58.8 Å². The van der Waals surface area contributed by atoms with Gasteiger partial charge in [0.2, 0.25) is 0 Å². The molecule has 0 atom stereocenters. The van der Waals surface area contributed by atoms with Gasteiger partial charge in [-0.3, -0.25) is 9.36 Å². The minimum absolute atomic E-state index is 0.256. The fourth-order valence-corrected chi connectivity index (χ4v) is 2.09. The summed E-state index contributed by atoms with van der Waals surface area (Å²) < 4.78 is 1.88. The number of hydrogen-bond acceptors (Lipinski definition) is 4. The highest BCUT2D eigenvalue weighted by Crippen LogP contribution is 2.15. The third-order valence-electron chi connectivity index (χ3n) is 2.96. The van der Waals surface area contributed by atoms with Crippen LogP contribution in [0.25, 0.3) is 16.7 Å². The molecule has 0 amide bonds. The Kier molecular flexibility index (Phi) is 2.79. The van der Waals surface area contributed by atoms with Crippen LogP contribution in [0.2, 0.25) is 0 Å². The van der Waals surface area contributed by atoms with Gasteiger partial charge in [-0.2, -0.15) is 10.1 Å². The fraction of sp³-hybridized carbons (Fsp3) is 0.143.